The monoisotopic (exact) mass is 325 g/mol. The number of benzene rings is 2. The summed E-state index contributed by atoms with van der Waals surface area (Å²) in [5.41, 5.74) is 3.71. The van der Waals surface area contributed by atoms with Gasteiger partial charge in [0, 0.05) is 18.0 Å². The zero-order valence-corrected chi connectivity index (χ0v) is 13.4. The van der Waals surface area contributed by atoms with Gasteiger partial charge in [-0.25, -0.2) is 4.98 Å². The summed E-state index contributed by atoms with van der Waals surface area (Å²) < 4.78 is 0. The van der Waals surface area contributed by atoms with Crippen molar-refractivity contribution in [2.24, 2.45) is 0 Å². The Hall–Kier alpha value is -3.53. The molecule has 0 saturated carbocycles. The smallest absolute Gasteiger partial charge is 0.196 e. The highest BCUT2D eigenvalue weighted by Crippen LogP contribution is 2.23. The maximum atomic E-state index is 13.1. The number of ketones is 1. The van der Waals surface area contributed by atoms with E-state index in [1.165, 1.54) is 0 Å². The molecule has 0 bridgehead atoms. The lowest BCUT2D eigenvalue weighted by Gasteiger charge is -2.05. The molecule has 0 spiro atoms. The molecule has 0 saturated heterocycles. The van der Waals surface area contributed by atoms with Gasteiger partial charge in [0.15, 0.2) is 5.78 Å². The Labute approximate surface area is 144 Å². The molecule has 0 fully saturated rings. The predicted octanol–water partition coefficient (Wildman–Crippen LogP) is 4.38. The number of carbonyl (C=O) groups excluding carboxylic acids is 1. The summed E-state index contributed by atoms with van der Waals surface area (Å²) in [6, 6.07) is 20.7. The standard InChI is InChI=1S/C21H15N3O/c25-20(16-8-2-1-3-9-16)17(13-15-7-6-12-22-14-15)21-23-18-10-4-5-11-19(18)24-21/h1-14H,(H,23,24)/b17-13+. The Morgan fingerprint density at radius 1 is 0.920 bits per heavy atom. The van der Waals surface area contributed by atoms with E-state index < -0.39 is 0 Å². The van der Waals surface area contributed by atoms with Crippen LogP contribution in [-0.4, -0.2) is 20.7 Å². The highest BCUT2D eigenvalue weighted by atomic mass is 16.1. The molecule has 0 aliphatic carbocycles. The second-order valence-corrected chi connectivity index (χ2v) is 5.64. The number of hydrogen-bond acceptors (Lipinski definition) is 3. The third kappa shape index (κ3) is 3.10. The number of allylic oxidation sites excluding steroid dienone is 1. The van der Waals surface area contributed by atoms with E-state index in [9.17, 15) is 4.79 Å². The van der Waals surface area contributed by atoms with E-state index in [-0.39, 0.29) is 5.78 Å². The normalized spacial score (nSPS) is 11.6. The zero-order valence-electron chi connectivity index (χ0n) is 13.4. The van der Waals surface area contributed by atoms with Gasteiger partial charge in [0.2, 0.25) is 0 Å². The van der Waals surface area contributed by atoms with Crippen LogP contribution in [-0.2, 0) is 0 Å². The third-order valence-corrected chi connectivity index (χ3v) is 3.92. The lowest BCUT2D eigenvalue weighted by atomic mass is 10.0. The SMILES string of the molecule is O=C(/C(=C\c1cccnc1)c1nc2ccccc2[nH]1)c1ccccc1. The van der Waals surface area contributed by atoms with Crippen molar-refractivity contribution in [3.8, 4) is 0 Å². The molecule has 4 aromatic rings. The van der Waals surface area contributed by atoms with Crippen LogP contribution in [0, 0.1) is 0 Å². The van der Waals surface area contributed by atoms with Crippen molar-refractivity contribution in [2.45, 2.75) is 0 Å². The number of H-pyrrole nitrogens is 1. The molecule has 25 heavy (non-hydrogen) atoms. The molecule has 4 heteroatoms. The van der Waals surface area contributed by atoms with Gasteiger partial charge in [-0.05, 0) is 29.8 Å². The van der Waals surface area contributed by atoms with Gasteiger partial charge in [0.1, 0.15) is 5.82 Å². The minimum absolute atomic E-state index is 0.0801. The van der Waals surface area contributed by atoms with Gasteiger partial charge in [-0.1, -0.05) is 48.5 Å². The fraction of sp³-hybridized carbons (Fsp3) is 0. The number of rotatable bonds is 4. The molecule has 4 rings (SSSR count). The minimum atomic E-state index is -0.0801. The summed E-state index contributed by atoms with van der Waals surface area (Å²) in [5, 5.41) is 0. The molecular formula is C21H15N3O. The Morgan fingerprint density at radius 3 is 2.48 bits per heavy atom. The largest absolute Gasteiger partial charge is 0.338 e. The van der Waals surface area contributed by atoms with E-state index in [1.807, 2.05) is 72.8 Å². The van der Waals surface area contributed by atoms with E-state index in [0.717, 1.165) is 16.6 Å². The summed E-state index contributed by atoms with van der Waals surface area (Å²) in [6.07, 6.45) is 5.25. The van der Waals surface area contributed by atoms with Crippen LogP contribution in [0.5, 0.6) is 0 Å². The Morgan fingerprint density at radius 2 is 1.72 bits per heavy atom. The molecule has 1 N–H and O–H groups in total. The van der Waals surface area contributed by atoms with Crippen molar-refractivity contribution in [1.82, 2.24) is 15.0 Å². The molecule has 2 aromatic carbocycles. The van der Waals surface area contributed by atoms with Crippen molar-refractivity contribution in [1.29, 1.82) is 0 Å². The fourth-order valence-electron chi connectivity index (χ4n) is 2.69. The van der Waals surface area contributed by atoms with Crippen LogP contribution in [0.25, 0.3) is 22.7 Å². The van der Waals surface area contributed by atoms with Gasteiger partial charge in [0.25, 0.3) is 0 Å². The number of aromatic nitrogens is 3. The molecule has 0 unspecified atom stereocenters. The third-order valence-electron chi connectivity index (χ3n) is 3.92. The lowest BCUT2D eigenvalue weighted by Crippen LogP contribution is -2.04. The van der Waals surface area contributed by atoms with Gasteiger partial charge in [-0.3, -0.25) is 9.78 Å². The number of carbonyl (C=O) groups is 1. The van der Waals surface area contributed by atoms with Crippen molar-refractivity contribution >= 4 is 28.5 Å². The van der Waals surface area contributed by atoms with E-state index in [2.05, 4.69) is 15.0 Å². The first-order chi connectivity index (χ1) is 12.3. The predicted molar refractivity (Wildman–Crippen MR) is 99.0 cm³/mol. The van der Waals surface area contributed by atoms with Crippen LogP contribution in [0.3, 0.4) is 0 Å². The number of nitrogens with one attached hydrogen (secondary N) is 1. The van der Waals surface area contributed by atoms with Crippen LogP contribution in [0.2, 0.25) is 0 Å². The van der Waals surface area contributed by atoms with Gasteiger partial charge in [0.05, 0.1) is 16.6 Å². The Kier molecular flexibility index (Phi) is 3.92. The summed E-state index contributed by atoms with van der Waals surface area (Å²) in [6.45, 7) is 0. The molecule has 0 radical (unpaired) electrons. The lowest BCUT2D eigenvalue weighted by molar-refractivity contribution is 0.105. The molecule has 2 aromatic heterocycles. The summed E-state index contributed by atoms with van der Waals surface area (Å²) in [4.78, 5) is 25.0. The first-order valence-corrected chi connectivity index (χ1v) is 7.98. The molecule has 0 aliphatic rings. The van der Waals surface area contributed by atoms with Gasteiger partial charge >= 0.3 is 0 Å². The molecule has 120 valence electrons. The minimum Gasteiger partial charge on any atom is -0.338 e. The molecule has 0 aliphatic heterocycles. The summed E-state index contributed by atoms with van der Waals surface area (Å²) in [5.74, 6) is 0.474. The van der Waals surface area contributed by atoms with Gasteiger partial charge in [-0.15, -0.1) is 0 Å². The second-order valence-electron chi connectivity index (χ2n) is 5.64. The Balaban J connectivity index is 1.86. The van der Waals surface area contributed by atoms with Crippen LogP contribution in [0.15, 0.2) is 79.1 Å². The van der Waals surface area contributed by atoms with Crippen molar-refractivity contribution in [3.05, 3.63) is 96.1 Å². The molecule has 0 atom stereocenters. The number of aromatic amines is 1. The number of nitrogens with zero attached hydrogens (tertiary/aromatic N) is 2. The van der Waals surface area contributed by atoms with Crippen LogP contribution in [0.1, 0.15) is 21.7 Å². The highest BCUT2D eigenvalue weighted by molar-refractivity contribution is 6.31. The quantitative estimate of drug-likeness (QED) is 0.447. The van der Waals surface area contributed by atoms with E-state index in [4.69, 9.17) is 0 Å². The van der Waals surface area contributed by atoms with Crippen molar-refractivity contribution < 1.29 is 4.79 Å². The number of hydrogen-bond donors (Lipinski definition) is 1. The van der Waals surface area contributed by atoms with E-state index in [1.54, 1.807) is 12.4 Å². The zero-order chi connectivity index (χ0) is 17.1. The van der Waals surface area contributed by atoms with Crippen molar-refractivity contribution in [3.63, 3.8) is 0 Å². The average Bonchev–Trinajstić information content (AvgIpc) is 3.11. The highest BCUT2D eigenvalue weighted by Gasteiger charge is 2.18. The molecular weight excluding hydrogens is 310 g/mol. The number of para-hydroxylation sites is 2. The van der Waals surface area contributed by atoms with Gasteiger partial charge < -0.3 is 4.98 Å². The maximum absolute atomic E-state index is 13.1. The van der Waals surface area contributed by atoms with E-state index in [0.29, 0.717) is 17.0 Å². The average molecular weight is 325 g/mol. The molecule has 2 heterocycles. The van der Waals surface area contributed by atoms with Crippen LogP contribution >= 0.6 is 0 Å². The fourth-order valence-corrected chi connectivity index (χ4v) is 2.69. The number of Topliss-reactive ketones (excluding diaryl/α,β-unsaturated/α-hetero) is 1. The van der Waals surface area contributed by atoms with Gasteiger partial charge in [-0.2, -0.15) is 0 Å². The molecule has 0 amide bonds. The first kappa shape index (κ1) is 15.0. The number of pyridine rings is 1. The van der Waals surface area contributed by atoms with Crippen molar-refractivity contribution in [2.75, 3.05) is 0 Å². The summed E-state index contributed by atoms with van der Waals surface area (Å²) >= 11 is 0. The summed E-state index contributed by atoms with van der Waals surface area (Å²) in [7, 11) is 0. The first-order valence-electron chi connectivity index (χ1n) is 7.98. The van der Waals surface area contributed by atoms with E-state index >= 15 is 0 Å². The molecule has 4 nitrogen and oxygen atoms in total. The number of imidazole rings is 1. The van der Waals surface area contributed by atoms with Crippen LogP contribution < -0.4 is 0 Å². The second kappa shape index (κ2) is 6.53. The number of fused-ring (bicyclic) bond motifs is 1. The van der Waals surface area contributed by atoms with Crippen LogP contribution in [0.4, 0.5) is 0 Å². The topological polar surface area (TPSA) is 58.6 Å². The Bertz CT molecular complexity index is 1020. The maximum Gasteiger partial charge on any atom is 0.196 e.